The van der Waals surface area contributed by atoms with Crippen LogP contribution in [0.4, 0.5) is 4.39 Å². The van der Waals surface area contributed by atoms with Crippen molar-refractivity contribution in [2.45, 2.75) is 32.1 Å². The van der Waals surface area contributed by atoms with Crippen molar-refractivity contribution < 1.29 is 14.3 Å². The molecule has 0 saturated carbocycles. The van der Waals surface area contributed by atoms with E-state index in [2.05, 4.69) is 12.1 Å². The number of amides is 1. The molecule has 158 valence electrons. The lowest BCUT2D eigenvalue weighted by atomic mass is 9.76. The van der Waals surface area contributed by atoms with Crippen LogP contribution in [0, 0.1) is 11.2 Å². The zero-order chi connectivity index (χ0) is 21.1. The first-order chi connectivity index (χ1) is 14.5. The van der Waals surface area contributed by atoms with Crippen LogP contribution < -0.4 is 0 Å². The quantitative estimate of drug-likeness (QED) is 0.510. The van der Waals surface area contributed by atoms with Gasteiger partial charge in [0.05, 0.1) is 11.6 Å². The number of rotatable bonds is 6. The maximum Gasteiger partial charge on any atom is 0.265 e. The van der Waals surface area contributed by atoms with Gasteiger partial charge in [-0.2, -0.15) is 0 Å². The number of carbonyl (C=O) groups excluding carboxylic acids is 1. The molecule has 6 heteroatoms. The molecular formula is C24H25ClFNO2S. The number of hydrogen-bond acceptors (Lipinski definition) is 3. The number of hydrogen-bond donors (Lipinski definition) is 1. The molecule has 30 heavy (non-hydrogen) atoms. The van der Waals surface area contributed by atoms with Gasteiger partial charge < -0.3 is 10.0 Å². The lowest BCUT2D eigenvalue weighted by Gasteiger charge is -2.42. The summed E-state index contributed by atoms with van der Waals surface area (Å²) >= 11 is 7.71. The molecule has 3 aromatic rings. The Labute approximate surface area is 185 Å². The molecule has 1 N–H and O–H groups in total. The lowest BCUT2D eigenvalue weighted by molar-refractivity contribution is 0.0219. The van der Waals surface area contributed by atoms with Gasteiger partial charge in [0, 0.05) is 28.6 Å². The number of thiophene rings is 1. The summed E-state index contributed by atoms with van der Waals surface area (Å²) in [6, 6.07) is 14.7. The summed E-state index contributed by atoms with van der Waals surface area (Å²) in [6.07, 6.45) is 4.56. The minimum Gasteiger partial charge on any atom is -0.396 e. The van der Waals surface area contributed by atoms with Crippen LogP contribution in [0.5, 0.6) is 0 Å². The molecule has 0 aliphatic carbocycles. The molecule has 0 bridgehead atoms. The van der Waals surface area contributed by atoms with Crippen LogP contribution >= 0.6 is 22.9 Å². The first kappa shape index (κ1) is 21.3. The van der Waals surface area contributed by atoms with Crippen LogP contribution in [0.3, 0.4) is 0 Å². The summed E-state index contributed by atoms with van der Waals surface area (Å²) < 4.78 is 14.2. The maximum atomic E-state index is 13.6. The highest BCUT2D eigenvalue weighted by Gasteiger charge is 2.37. The Hall–Kier alpha value is -1.95. The smallest absolute Gasteiger partial charge is 0.265 e. The fraction of sp³-hybridized carbons (Fsp3) is 0.375. The number of nitrogens with zero attached hydrogens (tertiary/aromatic N) is 1. The lowest BCUT2D eigenvalue weighted by Crippen LogP contribution is -2.47. The number of aliphatic hydroxyl groups excluding tert-OH is 1. The summed E-state index contributed by atoms with van der Waals surface area (Å²) in [7, 11) is 0. The van der Waals surface area contributed by atoms with E-state index in [1.807, 2.05) is 23.1 Å². The molecule has 0 radical (unpaired) electrons. The average molecular weight is 446 g/mol. The third-order valence-corrected chi connectivity index (χ3v) is 7.73. The molecule has 1 fully saturated rings. The molecule has 2 aromatic carbocycles. The van der Waals surface area contributed by atoms with Crippen molar-refractivity contribution in [3.63, 3.8) is 0 Å². The third kappa shape index (κ3) is 4.39. The highest BCUT2D eigenvalue weighted by molar-refractivity contribution is 7.21. The largest absolute Gasteiger partial charge is 0.396 e. The molecule has 3 nitrogen and oxygen atoms in total. The van der Waals surface area contributed by atoms with E-state index in [9.17, 15) is 14.3 Å². The number of piperidine rings is 1. The Kier molecular flexibility index (Phi) is 6.42. The number of aliphatic hydroxyl groups is 1. The highest BCUT2D eigenvalue weighted by atomic mass is 35.5. The van der Waals surface area contributed by atoms with Crippen molar-refractivity contribution in [3.8, 4) is 0 Å². The standard InChI is InChI=1S/C24H25ClFNO2S/c25-21-19-10-9-18(26)14-20(19)30-22(21)23(29)27-13-5-12-24(15-27,16-28)11-4-8-17-6-2-1-3-7-17/h1-3,6-7,9-10,14,28H,4-5,8,11-13,15-16H2. The fourth-order valence-corrected chi connectivity index (χ4v) is 5.93. The number of benzene rings is 2. The zero-order valence-corrected chi connectivity index (χ0v) is 18.3. The minimum absolute atomic E-state index is 0.0664. The van der Waals surface area contributed by atoms with Crippen molar-refractivity contribution >= 4 is 38.9 Å². The predicted molar refractivity (Wildman–Crippen MR) is 121 cm³/mol. The predicted octanol–water partition coefficient (Wildman–Crippen LogP) is 5.93. The van der Waals surface area contributed by atoms with Crippen LogP contribution in [0.25, 0.3) is 10.1 Å². The second-order valence-electron chi connectivity index (χ2n) is 8.21. The van der Waals surface area contributed by atoms with E-state index in [4.69, 9.17) is 11.6 Å². The summed E-state index contributed by atoms with van der Waals surface area (Å²) in [6.45, 7) is 1.24. The second kappa shape index (κ2) is 9.04. The van der Waals surface area contributed by atoms with Crippen LogP contribution in [0.2, 0.25) is 5.02 Å². The monoisotopic (exact) mass is 445 g/mol. The third-order valence-electron chi connectivity index (χ3n) is 6.09. The molecule has 0 spiro atoms. The average Bonchev–Trinajstić information content (AvgIpc) is 3.09. The number of halogens is 2. The SMILES string of the molecule is O=C(c1sc2cc(F)ccc2c1Cl)N1CCCC(CO)(CCCc2ccccc2)C1. The molecule has 1 aliphatic heterocycles. The van der Waals surface area contributed by atoms with E-state index >= 15 is 0 Å². The van der Waals surface area contributed by atoms with Gasteiger partial charge in [-0.1, -0.05) is 41.9 Å². The van der Waals surface area contributed by atoms with Gasteiger partial charge in [-0.05, 0) is 55.9 Å². The molecular weight excluding hydrogens is 421 g/mol. The normalized spacial score (nSPS) is 19.4. The van der Waals surface area contributed by atoms with E-state index in [1.54, 1.807) is 6.07 Å². The van der Waals surface area contributed by atoms with Gasteiger partial charge in [-0.15, -0.1) is 11.3 Å². The summed E-state index contributed by atoms with van der Waals surface area (Å²) in [5.74, 6) is -0.461. The van der Waals surface area contributed by atoms with Crippen molar-refractivity contribution in [1.82, 2.24) is 4.90 Å². The van der Waals surface area contributed by atoms with Gasteiger partial charge in [-0.3, -0.25) is 4.79 Å². The minimum atomic E-state index is -0.338. The molecule has 1 unspecified atom stereocenters. The highest BCUT2D eigenvalue weighted by Crippen LogP contribution is 2.39. The van der Waals surface area contributed by atoms with E-state index in [-0.39, 0.29) is 23.7 Å². The Morgan fingerprint density at radius 2 is 2.03 bits per heavy atom. The van der Waals surface area contributed by atoms with Crippen LogP contribution in [0.1, 0.15) is 40.9 Å². The Morgan fingerprint density at radius 3 is 2.80 bits per heavy atom. The molecule has 1 amide bonds. The van der Waals surface area contributed by atoms with Gasteiger partial charge in [0.1, 0.15) is 10.7 Å². The summed E-state index contributed by atoms with van der Waals surface area (Å²) in [5.41, 5.74) is 1.01. The second-order valence-corrected chi connectivity index (χ2v) is 9.64. The molecule has 4 rings (SSSR count). The Bertz CT molecular complexity index is 1040. The molecule has 2 heterocycles. The number of aryl methyl sites for hydroxylation is 1. The Morgan fingerprint density at radius 1 is 1.23 bits per heavy atom. The van der Waals surface area contributed by atoms with Gasteiger partial charge in [0.15, 0.2) is 0 Å². The fourth-order valence-electron chi connectivity index (χ4n) is 4.43. The van der Waals surface area contributed by atoms with Crippen molar-refractivity contribution in [2.75, 3.05) is 19.7 Å². The zero-order valence-electron chi connectivity index (χ0n) is 16.7. The van der Waals surface area contributed by atoms with E-state index in [0.29, 0.717) is 33.1 Å². The van der Waals surface area contributed by atoms with Gasteiger partial charge >= 0.3 is 0 Å². The summed E-state index contributed by atoms with van der Waals surface area (Å²) in [5, 5.41) is 11.3. The topological polar surface area (TPSA) is 40.5 Å². The Balaban J connectivity index is 1.48. The maximum absolute atomic E-state index is 13.6. The van der Waals surface area contributed by atoms with E-state index < -0.39 is 0 Å². The van der Waals surface area contributed by atoms with Gasteiger partial charge in [0.2, 0.25) is 0 Å². The molecule has 1 saturated heterocycles. The molecule has 1 aromatic heterocycles. The first-order valence-electron chi connectivity index (χ1n) is 10.3. The van der Waals surface area contributed by atoms with Gasteiger partial charge in [-0.25, -0.2) is 4.39 Å². The molecule has 1 atom stereocenters. The first-order valence-corrected chi connectivity index (χ1v) is 11.5. The van der Waals surface area contributed by atoms with Crippen LogP contribution in [-0.2, 0) is 6.42 Å². The van der Waals surface area contributed by atoms with E-state index in [0.717, 1.165) is 32.1 Å². The summed E-state index contributed by atoms with van der Waals surface area (Å²) in [4.78, 5) is 15.5. The van der Waals surface area contributed by atoms with Crippen molar-refractivity contribution in [2.24, 2.45) is 5.41 Å². The number of carbonyl (C=O) groups is 1. The van der Waals surface area contributed by atoms with Crippen LogP contribution in [0.15, 0.2) is 48.5 Å². The number of likely N-dealkylation sites (tertiary alicyclic amines) is 1. The molecule has 1 aliphatic rings. The van der Waals surface area contributed by atoms with Crippen molar-refractivity contribution in [3.05, 3.63) is 69.8 Å². The van der Waals surface area contributed by atoms with Crippen molar-refractivity contribution in [1.29, 1.82) is 0 Å². The van der Waals surface area contributed by atoms with Gasteiger partial charge in [0.25, 0.3) is 5.91 Å². The number of fused-ring (bicyclic) bond motifs is 1. The van der Waals surface area contributed by atoms with Crippen LogP contribution in [-0.4, -0.2) is 35.6 Å². The van der Waals surface area contributed by atoms with E-state index in [1.165, 1.54) is 29.0 Å².